The van der Waals surface area contributed by atoms with Crippen molar-refractivity contribution in [3.05, 3.63) is 48.3 Å². The van der Waals surface area contributed by atoms with E-state index in [9.17, 15) is 4.79 Å². The van der Waals surface area contributed by atoms with Gasteiger partial charge in [-0.05, 0) is 56.2 Å². The highest BCUT2D eigenvalue weighted by molar-refractivity contribution is 5.69. The predicted molar refractivity (Wildman–Crippen MR) is 96.7 cm³/mol. The van der Waals surface area contributed by atoms with Crippen molar-refractivity contribution in [2.24, 2.45) is 0 Å². The smallest absolute Gasteiger partial charge is 0.317 e. The molecule has 0 atom stereocenters. The first-order valence-electron chi connectivity index (χ1n) is 8.93. The molecule has 0 aliphatic carbocycles. The lowest BCUT2D eigenvalue weighted by Crippen LogP contribution is -2.46. The number of likely N-dealkylation sites (N-methyl/N-ethyl adjacent to an activating group) is 1. The molecular formula is C19H26N4O2. The highest BCUT2D eigenvalue weighted by atomic mass is 16.4. The SMILES string of the molecule is CCN(CC(=O)O)C1CCN(Cc2ccc(-n3cccn3)cc2)CC1. The number of benzene rings is 1. The number of nitrogens with zero attached hydrogens (tertiary/aromatic N) is 4. The minimum absolute atomic E-state index is 0.149. The largest absolute Gasteiger partial charge is 0.480 e. The van der Waals surface area contributed by atoms with E-state index in [0.717, 1.165) is 44.7 Å². The molecule has 0 unspecified atom stereocenters. The van der Waals surface area contributed by atoms with Crippen LogP contribution in [-0.4, -0.2) is 62.9 Å². The molecule has 1 aromatic carbocycles. The van der Waals surface area contributed by atoms with Crippen molar-refractivity contribution in [1.29, 1.82) is 0 Å². The van der Waals surface area contributed by atoms with Gasteiger partial charge in [-0.1, -0.05) is 19.1 Å². The Kier molecular flexibility index (Phi) is 5.83. The van der Waals surface area contributed by atoms with Gasteiger partial charge in [0.25, 0.3) is 0 Å². The lowest BCUT2D eigenvalue weighted by Gasteiger charge is -2.37. The second-order valence-electron chi connectivity index (χ2n) is 6.58. The third kappa shape index (κ3) is 4.67. The standard InChI is InChI=1S/C19H26N4O2/c1-2-22(15-19(24)25)17-8-12-21(13-9-17)14-16-4-6-18(7-5-16)23-11-3-10-20-23/h3-7,10-11,17H,2,8-9,12-15H2,1H3,(H,24,25). The van der Waals surface area contributed by atoms with Crippen molar-refractivity contribution in [3.8, 4) is 5.69 Å². The first-order valence-corrected chi connectivity index (χ1v) is 8.93. The van der Waals surface area contributed by atoms with E-state index in [-0.39, 0.29) is 6.54 Å². The normalized spacial score (nSPS) is 16.4. The zero-order chi connectivity index (χ0) is 17.6. The number of piperidine rings is 1. The van der Waals surface area contributed by atoms with Crippen LogP contribution in [0.2, 0.25) is 0 Å². The molecule has 1 aliphatic rings. The Morgan fingerprint density at radius 3 is 2.56 bits per heavy atom. The van der Waals surface area contributed by atoms with Gasteiger partial charge in [-0.15, -0.1) is 0 Å². The molecule has 1 N–H and O–H groups in total. The van der Waals surface area contributed by atoms with Gasteiger partial charge in [0.15, 0.2) is 0 Å². The van der Waals surface area contributed by atoms with Crippen LogP contribution in [0.15, 0.2) is 42.7 Å². The number of carboxylic acids is 1. The molecule has 6 heteroatoms. The van der Waals surface area contributed by atoms with E-state index >= 15 is 0 Å². The van der Waals surface area contributed by atoms with Gasteiger partial charge in [0, 0.05) is 25.0 Å². The topological polar surface area (TPSA) is 61.6 Å². The maximum atomic E-state index is 11.0. The van der Waals surface area contributed by atoms with Gasteiger partial charge in [-0.3, -0.25) is 14.6 Å². The minimum Gasteiger partial charge on any atom is -0.480 e. The third-order valence-corrected chi connectivity index (χ3v) is 4.93. The van der Waals surface area contributed by atoms with Crippen LogP contribution < -0.4 is 0 Å². The number of carboxylic acid groups (broad SMARTS) is 1. The van der Waals surface area contributed by atoms with Crippen LogP contribution in [0.25, 0.3) is 5.69 Å². The van der Waals surface area contributed by atoms with Crippen LogP contribution >= 0.6 is 0 Å². The highest BCUT2D eigenvalue weighted by Gasteiger charge is 2.24. The van der Waals surface area contributed by atoms with E-state index in [1.54, 1.807) is 6.20 Å². The van der Waals surface area contributed by atoms with Crippen molar-refractivity contribution in [2.75, 3.05) is 26.2 Å². The molecule has 0 spiro atoms. The van der Waals surface area contributed by atoms with Gasteiger partial charge in [0.2, 0.25) is 0 Å². The van der Waals surface area contributed by atoms with Gasteiger partial charge < -0.3 is 5.11 Å². The van der Waals surface area contributed by atoms with E-state index in [0.29, 0.717) is 6.04 Å². The Hall–Kier alpha value is -2.18. The molecule has 0 radical (unpaired) electrons. The number of rotatable bonds is 7. The quantitative estimate of drug-likeness (QED) is 0.836. The highest BCUT2D eigenvalue weighted by Crippen LogP contribution is 2.19. The Labute approximate surface area is 148 Å². The predicted octanol–water partition coefficient (Wildman–Crippen LogP) is 2.24. The maximum Gasteiger partial charge on any atom is 0.317 e. The van der Waals surface area contributed by atoms with Crippen LogP contribution in [0, 0.1) is 0 Å². The summed E-state index contributed by atoms with van der Waals surface area (Å²) in [6.07, 6.45) is 5.79. The van der Waals surface area contributed by atoms with Gasteiger partial charge in [-0.2, -0.15) is 5.10 Å². The molecule has 6 nitrogen and oxygen atoms in total. The minimum atomic E-state index is -0.735. The second-order valence-corrected chi connectivity index (χ2v) is 6.58. The van der Waals surface area contributed by atoms with Crippen LogP contribution in [0.4, 0.5) is 0 Å². The van der Waals surface area contributed by atoms with E-state index in [4.69, 9.17) is 5.11 Å². The van der Waals surface area contributed by atoms with Crippen LogP contribution in [0.3, 0.4) is 0 Å². The lowest BCUT2D eigenvalue weighted by molar-refractivity contribution is -0.139. The molecule has 25 heavy (non-hydrogen) atoms. The lowest BCUT2D eigenvalue weighted by atomic mass is 10.0. The number of hydrogen-bond acceptors (Lipinski definition) is 4. The summed E-state index contributed by atoms with van der Waals surface area (Å²) in [5.41, 5.74) is 2.37. The Morgan fingerprint density at radius 1 is 1.28 bits per heavy atom. The summed E-state index contributed by atoms with van der Waals surface area (Å²) >= 11 is 0. The molecule has 1 saturated heterocycles. The van der Waals surface area contributed by atoms with Crippen LogP contribution in [0.1, 0.15) is 25.3 Å². The molecule has 1 fully saturated rings. The molecule has 1 aromatic heterocycles. The monoisotopic (exact) mass is 342 g/mol. The molecular weight excluding hydrogens is 316 g/mol. The zero-order valence-corrected chi connectivity index (χ0v) is 14.7. The van der Waals surface area contributed by atoms with Crippen molar-refractivity contribution >= 4 is 5.97 Å². The third-order valence-electron chi connectivity index (χ3n) is 4.93. The summed E-state index contributed by atoms with van der Waals surface area (Å²) in [5, 5.41) is 13.3. The molecule has 134 valence electrons. The molecule has 0 saturated carbocycles. The fourth-order valence-electron chi connectivity index (χ4n) is 3.55. The Bertz CT molecular complexity index is 661. The Balaban J connectivity index is 1.51. The van der Waals surface area contributed by atoms with Crippen molar-refractivity contribution < 1.29 is 9.90 Å². The van der Waals surface area contributed by atoms with Crippen LogP contribution in [0.5, 0.6) is 0 Å². The average Bonchev–Trinajstić information content (AvgIpc) is 3.16. The van der Waals surface area contributed by atoms with Gasteiger partial charge in [0.05, 0.1) is 12.2 Å². The summed E-state index contributed by atoms with van der Waals surface area (Å²) in [6.45, 7) is 5.96. The summed E-state index contributed by atoms with van der Waals surface area (Å²) in [6, 6.07) is 10.8. The average molecular weight is 342 g/mol. The number of aromatic nitrogens is 2. The fourth-order valence-corrected chi connectivity index (χ4v) is 3.55. The first-order chi connectivity index (χ1) is 12.2. The van der Waals surface area contributed by atoms with E-state index in [1.165, 1.54) is 5.56 Å². The van der Waals surface area contributed by atoms with Gasteiger partial charge in [-0.25, -0.2) is 4.68 Å². The van der Waals surface area contributed by atoms with E-state index in [2.05, 4.69) is 39.2 Å². The fraction of sp³-hybridized carbons (Fsp3) is 0.474. The zero-order valence-electron chi connectivity index (χ0n) is 14.7. The summed E-state index contributed by atoms with van der Waals surface area (Å²) in [4.78, 5) is 15.5. The van der Waals surface area contributed by atoms with E-state index < -0.39 is 5.97 Å². The van der Waals surface area contributed by atoms with Gasteiger partial charge >= 0.3 is 5.97 Å². The Morgan fingerprint density at radius 2 is 2.00 bits per heavy atom. The second kappa shape index (κ2) is 8.27. The van der Waals surface area contributed by atoms with Crippen molar-refractivity contribution in [2.45, 2.75) is 32.4 Å². The van der Waals surface area contributed by atoms with Crippen molar-refractivity contribution in [3.63, 3.8) is 0 Å². The molecule has 0 amide bonds. The first kappa shape index (κ1) is 17.6. The number of aliphatic carboxylic acids is 1. The maximum absolute atomic E-state index is 11.0. The summed E-state index contributed by atoms with van der Waals surface area (Å²) in [5.74, 6) is -0.735. The van der Waals surface area contributed by atoms with E-state index in [1.807, 2.05) is 23.9 Å². The number of carbonyl (C=O) groups is 1. The number of likely N-dealkylation sites (tertiary alicyclic amines) is 1. The van der Waals surface area contributed by atoms with Crippen LogP contribution in [-0.2, 0) is 11.3 Å². The molecule has 2 aromatic rings. The molecule has 3 rings (SSSR count). The summed E-state index contributed by atoms with van der Waals surface area (Å²) in [7, 11) is 0. The molecule has 2 heterocycles. The molecule has 0 bridgehead atoms. The van der Waals surface area contributed by atoms with Crippen molar-refractivity contribution in [1.82, 2.24) is 19.6 Å². The molecule has 1 aliphatic heterocycles. The van der Waals surface area contributed by atoms with Gasteiger partial charge in [0.1, 0.15) is 0 Å². The number of hydrogen-bond donors (Lipinski definition) is 1. The summed E-state index contributed by atoms with van der Waals surface area (Å²) < 4.78 is 1.86.